The third kappa shape index (κ3) is 44.8. The second-order valence-corrected chi connectivity index (χ2v) is 16.4. The van der Waals surface area contributed by atoms with Gasteiger partial charge in [0.1, 0.15) is 6.61 Å². The SMILES string of the molecule is CCCCC/C=C\C/C=C\CCCCCCCCCCOCC(COC(=O)CCCCCCC/C=C\CCCCCCCC)OC(=O)CCCCCCCCC. The van der Waals surface area contributed by atoms with Gasteiger partial charge in [-0.15, -0.1) is 0 Å². The summed E-state index contributed by atoms with van der Waals surface area (Å²) in [4.78, 5) is 25.2. The molecule has 56 heavy (non-hydrogen) atoms. The molecule has 0 amide bonds. The molecule has 0 aromatic rings. The number of rotatable bonds is 45. The molecule has 5 heteroatoms. The first-order chi connectivity index (χ1) is 27.6. The molecule has 0 bridgehead atoms. The van der Waals surface area contributed by atoms with Gasteiger partial charge in [-0.3, -0.25) is 9.59 Å². The highest BCUT2D eigenvalue weighted by molar-refractivity contribution is 5.70. The summed E-state index contributed by atoms with van der Waals surface area (Å²) in [5.74, 6) is -0.407. The molecule has 328 valence electrons. The predicted molar refractivity (Wildman–Crippen MR) is 242 cm³/mol. The lowest BCUT2D eigenvalue weighted by atomic mass is 10.1. The van der Waals surface area contributed by atoms with Gasteiger partial charge >= 0.3 is 11.9 Å². The van der Waals surface area contributed by atoms with E-state index >= 15 is 0 Å². The van der Waals surface area contributed by atoms with Crippen molar-refractivity contribution in [2.75, 3.05) is 19.8 Å². The smallest absolute Gasteiger partial charge is 0.306 e. The Bertz CT molecular complexity index is 893. The molecule has 0 fully saturated rings. The molecule has 0 N–H and O–H groups in total. The Kier molecular flexibility index (Phi) is 45.9. The van der Waals surface area contributed by atoms with Crippen molar-refractivity contribution in [2.24, 2.45) is 0 Å². The topological polar surface area (TPSA) is 61.8 Å². The quantitative estimate of drug-likeness (QED) is 0.0349. The van der Waals surface area contributed by atoms with Gasteiger partial charge in [-0.25, -0.2) is 0 Å². The number of hydrogen-bond donors (Lipinski definition) is 0. The minimum Gasteiger partial charge on any atom is -0.462 e. The van der Waals surface area contributed by atoms with E-state index in [0.29, 0.717) is 19.4 Å². The molecule has 0 saturated heterocycles. The highest BCUT2D eigenvalue weighted by Crippen LogP contribution is 2.14. The van der Waals surface area contributed by atoms with Crippen LogP contribution in [0, 0.1) is 0 Å². The molecule has 0 aromatic heterocycles. The van der Waals surface area contributed by atoms with E-state index in [2.05, 4.69) is 57.2 Å². The monoisotopic (exact) mass is 787 g/mol. The van der Waals surface area contributed by atoms with Gasteiger partial charge in [-0.1, -0.05) is 198 Å². The molecule has 0 aliphatic heterocycles. The fraction of sp³-hybridized carbons (Fsp3) is 0.843. The average Bonchev–Trinajstić information content (AvgIpc) is 3.20. The van der Waals surface area contributed by atoms with Crippen LogP contribution in [0.2, 0.25) is 0 Å². The normalized spacial score (nSPS) is 12.4. The molecule has 0 heterocycles. The summed E-state index contributed by atoms with van der Waals surface area (Å²) in [5.41, 5.74) is 0. The molecule has 1 atom stereocenters. The Hall–Kier alpha value is -1.88. The van der Waals surface area contributed by atoms with Crippen LogP contribution in [0.1, 0.15) is 252 Å². The third-order valence-electron chi connectivity index (χ3n) is 10.6. The maximum Gasteiger partial charge on any atom is 0.306 e. The lowest BCUT2D eigenvalue weighted by molar-refractivity contribution is -0.163. The Morgan fingerprint density at radius 3 is 1.23 bits per heavy atom. The van der Waals surface area contributed by atoms with E-state index in [1.807, 2.05) is 0 Å². The molecule has 0 saturated carbocycles. The van der Waals surface area contributed by atoms with Gasteiger partial charge in [0.05, 0.1) is 6.61 Å². The van der Waals surface area contributed by atoms with Crippen molar-refractivity contribution in [1.82, 2.24) is 0 Å². The Morgan fingerprint density at radius 2 is 0.750 bits per heavy atom. The maximum atomic E-state index is 12.6. The van der Waals surface area contributed by atoms with Crippen LogP contribution in [0.15, 0.2) is 36.5 Å². The minimum absolute atomic E-state index is 0.0820. The number of unbranched alkanes of at least 4 members (excludes halogenated alkanes) is 28. The lowest BCUT2D eigenvalue weighted by Gasteiger charge is -2.18. The van der Waals surface area contributed by atoms with E-state index in [1.54, 1.807) is 0 Å². The second kappa shape index (κ2) is 47.5. The zero-order valence-electron chi connectivity index (χ0n) is 37.7. The van der Waals surface area contributed by atoms with Gasteiger partial charge in [0.2, 0.25) is 0 Å². The highest BCUT2D eigenvalue weighted by Gasteiger charge is 2.17. The fourth-order valence-electron chi connectivity index (χ4n) is 6.95. The minimum atomic E-state index is -0.535. The van der Waals surface area contributed by atoms with Crippen molar-refractivity contribution in [3.63, 3.8) is 0 Å². The van der Waals surface area contributed by atoms with E-state index in [0.717, 1.165) is 57.8 Å². The van der Waals surface area contributed by atoms with E-state index in [9.17, 15) is 9.59 Å². The molecule has 0 aliphatic carbocycles. The van der Waals surface area contributed by atoms with Gasteiger partial charge in [0.15, 0.2) is 6.10 Å². The van der Waals surface area contributed by atoms with Crippen molar-refractivity contribution in [3.8, 4) is 0 Å². The Morgan fingerprint density at radius 1 is 0.393 bits per heavy atom. The van der Waals surface area contributed by atoms with E-state index in [1.165, 1.54) is 161 Å². The number of ether oxygens (including phenoxy) is 3. The summed E-state index contributed by atoms with van der Waals surface area (Å²) < 4.78 is 17.3. The van der Waals surface area contributed by atoms with Crippen molar-refractivity contribution in [3.05, 3.63) is 36.5 Å². The van der Waals surface area contributed by atoms with E-state index < -0.39 is 6.10 Å². The summed E-state index contributed by atoms with van der Waals surface area (Å²) in [5, 5.41) is 0. The lowest BCUT2D eigenvalue weighted by Crippen LogP contribution is -2.30. The zero-order valence-corrected chi connectivity index (χ0v) is 37.7. The van der Waals surface area contributed by atoms with E-state index in [4.69, 9.17) is 14.2 Å². The highest BCUT2D eigenvalue weighted by atomic mass is 16.6. The average molecular weight is 787 g/mol. The molecule has 1 unspecified atom stereocenters. The first kappa shape index (κ1) is 54.1. The van der Waals surface area contributed by atoms with Gasteiger partial charge < -0.3 is 14.2 Å². The molecular formula is C51H94O5. The number of allylic oxidation sites excluding steroid dienone is 6. The van der Waals surface area contributed by atoms with Crippen LogP contribution < -0.4 is 0 Å². The molecule has 0 spiro atoms. The number of carbonyl (C=O) groups excluding carboxylic acids is 2. The van der Waals surface area contributed by atoms with Crippen LogP contribution in [-0.2, 0) is 23.8 Å². The third-order valence-corrected chi connectivity index (χ3v) is 10.6. The predicted octanol–water partition coefficient (Wildman–Crippen LogP) is 16.2. The standard InChI is InChI=1S/C51H94O5/c1-4-7-10-13-16-18-20-22-24-25-26-28-30-32-34-37-40-43-46-54-47-49(56-51(53)45-42-39-35-15-12-9-6-3)48-55-50(52)44-41-38-36-33-31-29-27-23-21-19-17-14-11-8-5-2/h16,18,22-24,27,49H,4-15,17,19-21,25-26,28-48H2,1-3H3/b18-16-,24-22-,27-23-. The van der Waals surface area contributed by atoms with Crippen LogP contribution in [0.25, 0.3) is 0 Å². The first-order valence-corrected chi connectivity index (χ1v) is 24.5. The Labute approximate surface area is 349 Å². The summed E-state index contributed by atoms with van der Waals surface area (Å²) >= 11 is 0. The van der Waals surface area contributed by atoms with Crippen molar-refractivity contribution in [2.45, 2.75) is 258 Å². The molecule has 0 aliphatic rings. The molecule has 0 radical (unpaired) electrons. The summed E-state index contributed by atoms with van der Waals surface area (Å²) in [7, 11) is 0. The molecule has 0 aromatic carbocycles. The number of carbonyl (C=O) groups is 2. The van der Waals surface area contributed by atoms with Crippen molar-refractivity contribution >= 4 is 11.9 Å². The maximum absolute atomic E-state index is 12.6. The van der Waals surface area contributed by atoms with Crippen LogP contribution in [0.4, 0.5) is 0 Å². The molecule has 5 nitrogen and oxygen atoms in total. The van der Waals surface area contributed by atoms with Crippen LogP contribution in [0.5, 0.6) is 0 Å². The van der Waals surface area contributed by atoms with E-state index in [-0.39, 0.29) is 25.2 Å². The Balaban J connectivity index is 4.13. The first-order valence-electron chi connectivity index (χ1n) is 24.5. The summed E-state index contributed by atoms with van der Waals surface area (Å²) in [6, 6.07) is 0. The number of hydrogen-bond acceptors (Lipinski definition) is 5. The number of esters is 2. The molecular weight excluding hydrogens is 693 g/mol. The molecule has 0 rings (SSSR count). The van der Waals surface area contributed by atoms with Gasteiger partial charge in [-0.05, 0) is 77.0 Å². The van der Waals surface area contributed by atoms with Crippen molar-refractivity contribution in [1.29, 1.82) is 0 Å². The van der Waals surface area contributed by atoms with Crippen LogP contribution in [0.3, 0.4) is 0 Å². The zero-order chi connectivity index (χ0) is 40.7. The van der Waals surface area contributed by atoms with Crippen LogP contribution >= 0.6 is 0 Å². The van der Waals surface area contributed by atoms with Crippen LogP contribution in [-0.4, -0.2) is 37.9 Å². The largest absolute Gasteiger partial charge is 0.462 e. The van der Waals surface area contributed by atoms with Gasteiger partial charge in [0, 0.05) is 19.4 Å². The van der Waals surface area contributed by atoms with Gasteiger partial charge in [-0.2, -0.15) is 0 Å². The second-order valence-electron chi connectivity index (χ2n) is 16.4. The summed E-state index contributed by atoms with van der Waals surface area (Å²) in [6.45, 7) is 7.77. The van der Waals surface area contributed by atoms with Crippen molar-refractivity contribution < 1.29 is 23.8 Å². The summed E-state index contributed by atoms with van der Waals surface area (Å²) in [6.07, 6.45) is 55.8. The van der Waals surface area contributed by atoms with Gasteiger partial charge in [0.25, 0.3) is 0 Å². The fourth-order valence-corrected chi connectivity index (χ4v) is 6.95.